The Balaban J connectivity index is 2.16. The van der Waals surface area contributed by atoms with Crippen LogP contribution in [0.3, 0.4) is 0 Å². The molecule has 2 heterocycles. The standard InChI is InChI=1S/C11H22N2O2/c1-9-7-14-6-4-13(9)11(8-12)3-5-15-10(11)2/h9-10H,3-8,12H2,1-2H3. The highest BCUT2D eigenvalue weighted by Crippen LogP contribution is 2.33. The van der Waals surface area contributed by atoms with Gasteiger partial charge in [-0.1, -0.05) is 0 Å². The van der Waals surface area contributed by atoms with Crippen LogP contribution in [0.15, 0.2) is 0 Å². The molecule has 2 rings (SSSR count). The fourth-order valence-corrected chi connectivity index (χ4v) is 2.92. The van der Waals surface area contributed by atoms with Crippen LogP contribution >= 0.6 is 0 Å². The van der Waals surface area contributed by atoms with Gasteiger partial charge in [-0.25, -0.2) is 0 Å². The Kier molecular flexibility index (Phi) is 3.30. The van der Waals surface area contributed by atoms with Crippen molar-refractivity contribution in [2.24, 2.45) is 5.73 Å². The highest BCUT2D eigenvalue weighted by atomic mass is 16.5. The molecule has 0 spiro atoms. The molecule has 0 aliphatic carbocycles. The van der Waals surface area contributed by atoms with Crippen molar-refractivity contribution in [1.82, 2.24) is 4.90 Å². The van der Waals surface area contributed by atoms with Crippen molar-refractivity contribution in [2.45, 2.75) is 38.0 Å². The quantitative estimate of drug-likeness (QED) is 0.714. The topological polar surface area (TPSA) is 47.7 Å². The Morgan fingerprint density at radius 3 is 2.73 bits per heavy atom. The molecule has 3 atom stereocenters. The van der Waals surface area contributed by atoms with Crippen LogP contribution in [0.1, 0.15) is 20.3 Å². The lowest BCUT2D eigenvalue weighted by Gasteiger charge is -2.47. The third-order valence-electron chi connectivity index (χ3n) is 3.95. The van der Waals surface area contributed by atoms with E-state index in [4.69, 9.17) is 15.2 Å². The molecule has 0 aromatic rings. The number of ether oxygens (including phenoxy) is 2. The molecule has 0 bridgehead atoms. The molecule has 0 radical (unpaired) electrons. The van der Waals surface area contributed by atoms with E-state index >= 15 is 0 Å². The van der Waals surface area contributed by atoms with Crippen LogP contribution in [0.2, 0.25) is 0 Å². The van der Waals surface area contributed by atoms with Gasteiger partial charge in [-0.05, 0) is 20.3 Å². The zero-order valence-electron chi connectivity index (χ0n) is 9.74. The van der Waals surface area contributed by atoms with E-state index in [2.05, 4.69) is 18.7 Å². The third kappa shape index (κ3) is 1.80. The molecule has 2 fully saturated rings. The van der Waals surface area contributed by atoms with E-state index in [-0.39, 0.29) is 11.6 Å². The van der Waals surface area contributed by atoms with E-state index in [1.165, 1.54) is 0 Å². The Morgan fingerprint density at radius 2 is 2.20 bits per heavy atom. The Hall–Kier alpha value is -0.160. The maximum absolute atomic E-state index is 5.99. The molecule has 0 aromatic heterocycles. The zero-order chi connectivity index (χ0) is 10.9. The van der Waals surface area contributed by atoms with Gasteiger partial charge in [0.1, 0.15) is 0 Å². The molecule has 4 nitrogen and oxygen atoms in total. The number of hydrogen-bond acceptors (Lipinski definition) is 4. The van der Waals surface area contributed by atoms with Crippen molar-refractivity contribution in [3.63, 3.8) is 0 Å². The first-order valence-corrected chi connectivity index (χ1v) is 5.87. The van der Waals surface area contributed by atoms with E-state index in [1.54, 1.807) is 0 Å². The lowest BCUT2D eigenvalue weighted by Crippen LogP contribution is -2.64. The van der Waals surface area contributed by atoms with E-state index in [9.17, 15) is 0 Å². The molecule has 2 N–H and O–H groups in total. The van der Waals surface area contributed by atoms with Crippen LogP contribution in [0.4, 0.5) is 0 Å². The maximum Gasteiger partial charge on any atom is 0.0743 e. The fraction of sp³-hybridized carbons (Fsp3) is 1.00. The second-order valence-electron chi connectivity index (χ2n) is 4.69. The van der Waals surface area contributed by atoms with Crippen LogP contribution in [0.5, 0.6) is 0 Å². The summed E-state index contributed by atoms with van der Waals surface area (Å²) in [7, 11) is 0. The smallest absolute Gasteiger partial charge is 0.0743 e. The average molecular weight is 214 g/mol. The number of rotatable bonds is 2. The average Bonchev–Trinajstić information content (AvgIpc) is 2.61. The van der Waals surface area contributed by atoms with E-state index < -0.39 is 0 Å². The zero-order valence-corrected chi connectivity index (χ0v) is 9.74. The SMILES string of the molecule is CC1COCCN1C1(CN)CCOC1C. The van der Waals surface area contributed by atoms with Gasteiger partial charge in [-0.15, -0.1) is 0 Å². The normalized spacial score (nSPS) is 43.4. The number of hydrogen-bond donors (Lipinski definition) is 1. The van der Waals surface area contributed by atoms with Gasteiger partial charge in [0.25, 0.3) is 0 Å². The van der Waals surface area contributed by atoms with E-state index in [0.29, 0.717) is 12.6 Å². The first-order valence-electron chi connectivity index (χ1n) is 5.87. The second kappa shape index (κ2) is 4.37. The van der Waals surface area contributed by atoms with Crippen molar-refractivity contribution in [3.05, 3.63) is 0 Å². The molecule has 2 aliphatic heterocycles. The first kappa shape index (κ1) is 11.3. The largest absolute Gasteiger partial charge is 0.379 e. The number of morpholine rings is 1. The highest BCUT2D eigenvalue weighted by molar-refractivity contribution is 5.02. The Morgan fingerprint density at radius 1 is 1.40 bits per heavy atom. The summed E-state index contributed by atoms with van der Waals surface area (Å²) < 4.78 is 11.2. The number of nitrogens with two attached hydrogens (primary N) is 1. The van der Waals surface area contributed by atoms with E-state index in [1.807, 2.05) is 0 Å². The van der Waals surface area contributed by atoms with E-state index in [0.717, 1.165) is 32.8 Å². The van der Waals surface area contributed by atoms with Crippen LogP contribution in [-0.2, 0) is 9.47 Å². The first-order chi connectivity index (χ1) is 7.20. The van der Waals surface area contributed by atoms with Gasteiger partial charge < -0.3 is 15.2 Å². The molecule has 4 heteroatoms. The van der Waals surface area contributed by atoms with Crippen molar-refractivity contribution in [2.75, 3.05) is 32.9 Å². The summed E-state index contributed by atoms with van der Waals surface area (Å²) in [5.74, 6) is 0. The molecule has 88 valence electrons. The lowest BCUT2D eigenvalue weighted by molar-refractivity contribution is -0.0767. The van der Waals surface area contributed by atoms with Crippen molar-refractivity contribution in [1.29, 1.82) is 0 Å². The minimum absolute atomic E-state index is 0.0448. The fourth-order valence-electron chi connectivity index (χ4n) is 2.92. The minimum Gasteiger partial charge on any atom is -0.379 e. The molecule has 2 saturated heterocycles. The number of nitrogens with zero attached hydrogens (tertiary/aromatic N) is 1. The molecular formula is C11H22N2O2. The maximum atomic E-state index is 5.99. The second-order valence-corrected chi connectivity index (χ2v) is 4.69. The van der Waals surface area contributed by atoms with Gasteiger partial charge >= 0.3 is 0 Å². The molecule has 0 amide bonds. The third-order valence-corrected chi connectivity index (χ3v) is 3.95. The Bertz CT molecular complexity index is 225. The van der Waals surface area contributed by atoms with Gasteiger partial charge in [-0.3, -0.25) is 4.90 Å². The predicted molar refractivity (Wildman–Crippen MR) is 58.8 cm³/mol. The summed E-state index contributed by atoms with van der Waals surface area (Å²) >= 11 is 0. The summed E-state index contributed by atoms with van der Waals surface area (Å²) in [5, 5.41) is 0. The van der Waals surface area contributed by atoms with Crippen molar-refractivity contribution >= 4 is 0 Å². The van der Waals surface area contributed by atoms with Crippen LogP contribution < -0.4 is 5.73 Å². The Labute approximate surface area is 91.7 Å². The summed E-state index contributed by atoms with van der Waals surface area (Å²) in [5.41, 5.74) is 6.03. The molecule has 2 aliphatic rings. The van der Waals surface area contributed by atoms with Crippen molar-refractivity contribution in [3.8, 4) is 0 Å². The van der Waals surface area contributed by atoms with Crippen LogP contribution in [0.25, 0.3) is 0 Å². The highest BCUT2D eigenvalue weighted by Gasteiger charge is 2.47. The van der Waals surface area contributed by atoms with Gasteiger partial charge in [0.05, 0.1) is 24.9 Å². The van der Waals surface area contributed by atoms with Crippen molar-refractivity contribution < 1.29 is 9.47 Å². The minimum atomic E-state index is 0.0448. The lowest BCUT2D eigenvalue weighted by atomic mass is 9.88. The summed E-state index contributed by atoms with van der Waals surface area (Å²) in [4.78, 5) is 2.49. The molecule has 0 saturated carbocycles. The summed E-state index contributed by atoms with van der Waals surface area (Å²) in [6, 6.07) is 0.450. The predicted octanol–water partition coefficient (Wildman–Crippen LogP) is 0.213. The summed E-state index contributed by atoms with van der Waals surface area (Å²) in [6.45, 7) is 8.48. The van der Waals surface area contributed by atoms with Gasteiger partial charge in [0.15, 0.2) is 0 Å². The molecular weight excluding hydrogens is 192 g/mol. The van der Waals surface area contributed by atoms with Gasteiger partial charge in [0.2, 0.25) is 0 Å². The molecule has 15 heavy (non-hydrogen) atoms. The monoisotopic (exact) mass is 214 g/mol. The van der Waals surface area contributed by atoms with Gasteiger partial charge in [-0.2, -0.15) is 0 Å². The molecule has 3 unspecified atom stereocenters. The van der Waals surface area contributed by atoms with Gasteiger partial charge in [0, 0.05) is 25.7 Å². The summed E-state index contributed by atoms with van der Waals surface area (Å²) in [6.07, 6.45) is 1.29. The van der Waals surface area contributed by atoms with Crippen LogP contribution in [0, 0.1) is 0 Å². The molecule has 0 aromatic carbocycles. The van der Waals surface area contributed by atoms with Crippen LogP contribution in [-0.4, -0.2) is 55.5 Å².